The molecule has 0 saturated carbocycles. The Hall–Kier alpha value is -1.85. The topological polar surface area (TPSA) is 52.2 Å². The maximum Gasteiger partial charge on any atom is 0.252 e. The Balaban J connectivity index is 1.97. The van der Waals surface area contributed by atoms with Crippen molar-refractivity contribution in [3.63, 3.8) is 0 Å². The van der Waals surface area contributed by atoms with Crippen molar-refractivity contribution in [1.29, 1.82) is 0 Å². The minimum Gasteiger partial charge on any atom is -0.340 e. The van der Waals surface area contributed by atoms with Gasteiger partial charge in [-0.15, -0.1) is 0 Å². The van der Waals surface area contributed by atoms with Crippen LogP contribution in [0.2, 0.25) is 5.02 Å². The highest BCUT2D eigenvalue weighted by molar-refractivity contribution is 6.33. The second-order valence-corrected chi connectivity index (χ2v) is 5.63. The number of piperazine rings is 1. The van der Waals surface area contributed by atoms with Crippen LogP contribution in [0.3, 0.4) is 0 Å². The van der Waals surface area contributed by atoms with Crippen molar-refractivity contribution in [1.82, 2.24) is 14.9 Å². The molecule has 5 nitrogen and oxygen atoms in total. The molecule has 0 aliphatic carbocycles. The number of halogens is 1. The predicted octanol–water partition coefficient (Wildman–Crippen LogP) is 1.84. The average Bonchev–Trinajstić information content (AvgIpc) is 2.48. The Kier molecular flexibility index (Phi) is 3.94. The standard InChI is InChI=1S/C15H17ClN4O/c1-19-6-8-20(9-7-19)15-17-13(10-14(21)18-15)11-4-2-3-5-12(11)16/h2-5,10H,6-9H2,1H3,(H,17,18,21). The summed E-state index contributed by atoms with van der Waals surface area (Å²) in [6.45, 7) is 3.62. The van der Waals surface area contributed by atoms with E-state index < -0.39 is 0 Å². The van der Waals surface area contributed by atoms with Crippen molar-refractivity contribution < 1.29 is 0 Å². The summed E-state index contributed by atoms with van der Waals surface area (Å²) >= 11 is 6.20. The fourth-order valence-corrected chi connectivity index (χ4v) is 2.65. The summed E-state index contributed by atoms with van der Waals surface area (Å²) in [5.41, 5.74) is 1.23. The quantitative estimate of drug-likeness (QED) is 0.920. The summed E-state index contributed by atoms with van der Waals surface area (Å²) in [6.07, 6.45) is 0. The number of likely N-dealkylation sites (N-methyl/N-ethyl adjacent to an activating group) is 1. The zero-order chi connectivity index (χ0) is 14.8. The lowest BCUT2D eigenvalue weighted by Gasteiger charge is -2.32. The number of aromatic nitrogens is 2. The van der Waals surface area contributed by atoms with Gasteiger partial charge in [-0.05, 0) is 13.1 Å². The third-order valence-corrected chi connectivity index (χ3v) is 4.01. The van der Waals surface area contributed by atoms with Crippen LogP contribution in [0.15, 0.2) is 35.1 Å². The van der Waals surface area contributed by atoms with E-state index in [1.165, 1.54) is 6.07 Å². The number of H-pyrrole nitrogens is 1. The highest BCUT2D eigenvalue weighted by Gasteiger charge is 2.17. The van der Waals surface area contributed by atoms with Crippen LogP contribution in [-0.4, -0.2) is 48.1 Å². The molecule has 0 bridgehead atoms. The van der Waals surface area contributed by atoms with Gasteiger partial charge in [0, 0.05) is 42.8 Å². The third kappa shape index (κ3) is 3.09. The van der Waals surface area contributed by atoms with E-state index in [2.05, 4.69) is 26.8 Å². The number of nitrogens with zero attached hydrogens (tertiary/aromatic N) is 3. The lowest BCUT2D eigenvalue weighted by Crippen LogP contribution is -2.45. The Bertz CT molecular complexity index is 692. The molecule has 21 heavy (non-hydrogen) atoms. The van der Waals surface area contributed by atoms with E-state index in [1.807, 2.05) is 18.2 Å². The minimum absolute atomic E-state index is 0.158. The van der Waals surface area contributed by atoms with Crippen LogP contribution in [0.4, 0.5) is 5.95 Å². The number of hydrogen-bond donors (Lipinski definition) is 1. The smallest absolute Gasteiger partial charge is 0.252 e. The van der Waals surface area contributed by atoms with Crippen molar-refractivity contribution >= 4 is 17.5 Å². The minimum atomic E-state index is -0.158. The summed E-state index contributed by atoms with van der Waals surface area (Å²) in [6, 6.07) is 8.91. The first-order valence-corrected chi connectivity index (χ1v) is 7.31. The lowest BCUT2D eigenvalue weighted by molar-refractivity contribution is 0.311. The number of rotatable bonds is 2. The van der Waals surface area contributed by atoms with Crippen LogP contribution in [0.5, 0.6) is 0 Å². The number of anilines is 1. The molecule has 2 aromatic rings. The zero-order valence-electron chi connectivity index (χ0n) is 11.8. The molecule has 1 saturated heterocycles. The lowest BCUT2D eigenvalue weighted by atomic mass is 10.1. The molecule has 1 fully saturated rings. The molecule has 0 atom stereocenters. The van der Waals surface area contributed by atoms with Crippen LogP contribution < -0.4 is 10.5 Å². The normalized spacial score (nSPS) is 16.2. The molecule has 1 aromatic carbocycles. The van der Waals surface area contributed by atoms with Gasteiger partial charge in [0.1, 0.15) is 0 Å². The van der Waals surface area contributed by atoms with Gasteiger partial charge < -0.3 is 9.80 Å². The molecule has 1 N–H and O–H groups in total. The van der Waals surface area contributed by atoms with Crippen molar-refractivity contribution in [2.75, 3.05) is 38.1 Å². The zero-order valence-corrected chi connectivity index (χ0v) is 12.6. The maximum atomic E-state index is 11.9. The second-order valence-electron chi connectivity index (χ2n) is 5.22. The summed E-state index contributed by atoms with van der Waals surface area (Å²) in [4.78, 5) is 23.7. The summed E-state index contributed by atoms with van der Waals surface area (Å²) in [7, 11) is 2.09. The molecule has 1 aliphatic rings. The van der Waals surface area contributed by atoms with Crippen molar-refractivity contribution in [3.05, 3.63) is 45.7 Å². The highest BCUT2D eigenvalue weighted by atomic mass is 35.5. The SMILES string of the molecule is CN1CCN(c2nc(-c3ccccc3Cl)cc(=O)[nH]2)CC1. The van der Waals surface area contributed by atoms with Gasteiger partial charge in [-0.1, -0.05) is 29.8 Å². The van der Waals surface area contributed by atoms with E-state index in [4.69, 9.17) is 11.6 Å². The van der Waals surface area contributed by atoms with E-state index in [-0.39, 0.29) is 5.56 Å². The fourth-order valence-electron chi connectivity index (χ4n) is 2.42. The Labute approximate surface area is 128 Å². The predicted molar refractivity (Wildman–Crippen MR) is 85.0 cm³/mol. The largest absolute Gasteiger partial charge is 0.340 e. The maximum absolute atomic E-state index is 11.9. The van der Waals surface area contributed by atoms with Gasteiger partial charge in [-0.25, -0.2) is 4.98 Å². The van der Waals surface area contributed by atoms with E-state index in [0.29, 0.717) is 16.7 Å². The van der Waals surface area contributed by atoms with Crippen LogP contribution in [0.25, 0.3) is 11.3 Å². The van der Waals surface area contributed by atoms with E-state index in [1.54, 1.807) is 6.07 Å². The van der Waals surface area contributed by atoms with Gasteiger partial charge in [-0.2, -0.15) is 0 Å². The van der Waals surface area contributed by atoms with Crippen molar-refractivity contribution in [2.24, 2.45) is 0 Å². The molecule has 1 aromatic heterocycles. The Morgan fingerprint density at radius 2 is 1.90 bits per heavy atom. The van der Waals surface area contributed by atoms with Gasteiger partial charge in [-0.3, -0.25) is 9.78 Å². The van der Waals surface area contributed by atoms with Crippen LogP contribution in [0, 0.1) is 0 Å². The molecule has 0 spiro atoms. The van der Waals surface area contributed by atoms with Crippen molar-refractivity contribution in [3.8, 4) is 11.3 Å². The Morgan fingerprint density at radius 1 is 1.19 bits per heavy atom. The molecule has 2 heterocycles. The molecule has 0 amide bonds. The Morgan fingerprint density at radius 3 is 2.62 bits per heavy atom. The highest BCUT2D eigenvalue weighted by Crippen LogP contribution is 2.26. The van der Waals surface area contributed by atoms with E-state index in [0.717, 1.165) is 31.7 Å². The van der Waals surface area contributed by atoms with Gasteiger partial charge in [0.2, 0.25) is 5.95 Å². The third-order valence-electron chi connectivity index (χ3n) is 3.68. The number of nitrogens with one attached hydrogen (secondary N) is 1. The van der Waals surface area contributed by atoms with E-state index >= 15 is 0 Å². The molecule has 0 unspecified atom stereocenters. The molecule has 110 valence electrons. The molecule has 6 heteroatoms. The summed E-state index contributed by atoms with van der Waals surface area (Å²) < 4.78 is 0. The fraction of sp³-hybridized carbons (Fsp3) is 0.333. The first-order valence-electron chi connectivity index (χ1n) is 6.93. The second kappa shape index (κ2) is 5.87. The average molecular weight is 305 g/mol. The number of hydrogen-bond acceptors (Lipinski definition) is 4. The van der Waals surface area contributed by atoms with Gasteiger partial charge in [0.25, 0.3) is 5.56 Å². The van der Waals surface area contributed by atoms with Crippen LogP contribution in [0.1, 0.15) is 0 Å². The first-order chi connectivity index (χ1) is 10.1. The molecule has 0 radical (unpaired) electrons. The molecule has 3 rings (SSSR count). The molecular weight excluding hydrogens is 288 g/mol. The van der Waals surface area contributed by atoms with E-state index in [9.17, 15) is 4.79 Å². The number of aromatic amines is 1. The molecule has 1 aliphatic heterocycles. The van der Waals surface area contributed by atoms with Gasteiger partial charge in [0.05, 0.1) is 5.69 Å². The molecular formula is C15H17ClN4O. The van der Waals surface area contributed by atoms with Crippen molar-refractivity contribution in [2.45, 2.75) is 0 Å². The first kappa shape index (κ1) is 14.1. The summed E-state index contributed by atoms with van der Waals surface area (Å²) in [5, 5.41) is 0.597. The van der Waals surface area contributed by atoms with Crippen LogP contribution in [-0.2, 0) is 0 Å². The monoisotopic (exact) mass is 304 g/mol. The van der Waals surface area contributed by atoms with Gasteiger partial charge >= 0.3 is 0 Å². The number of benzene rings is 1. The van der Waals surface area contributed by atoms with Gasteiger partial charge in [0.15, 0.2) is 0 Å². The van der Waals surface area contributed by atoms with Crippen LogP contribution >= 0.6 is 11.6 Å². The summed E-state index contributed by atoms with van der Waals surface area (Å²) in [5.74, 6) is 0.616.